The van der Waals surface area contributed by atoms with Gasteiger partial charge in [-0.3, -0.25) is 0 Å². The Morgan fingerprint density at radius 2 is 1.90 bits per heavy atom. The van der Waals surface area contributed by atoms with Gasteiger partial charge in [-0.25, -0.2) is 4.79 Å². The Hall–Kier alpha value is -2.49. The fourth-order valence-corrected chi connectivity index (χ4v) is 2.00. The molecule has 0 aliphatic carbocycles. The van der Waals surface area contributed by atoms with Gasteiger partial charge in [-0.2, -0.15) is 0 Å². The summed E-state index contributed by atoms with van der Waals surface area (Å²) in [6.45, 7) is 2.06. The Balaban J connectivity index is 2.16. The number of carbonyl (C=O) groups is 1. The van der Waals surface area contributed by atoms with Crippen LogP contribution in [0.5, 0.6) is 0 Å². The predicted molar refractivity (Wildman–Crippen MR) is 80.7 cm³/mol. The van der Waals surface area contributed by atoms with Gasteiger partial charge in [0.1, 0.15) is 0 Å². The molecular weight excluding hydrogens is 252 g/mol. The Morgan fingerprint density at radius 3 is 2.50 bits per heavy atom. The number of hydrogen-bond acceptors (Lipinski definition) is 4. The van der Waals surface area contributed by atoms with E-state index in [1.54, 1.807) is 18.2 Å². The number of esters is 1. The third kappa shape index (κ3) is 3.09. The zero-order chi connectivity index (χ0) is 14.5. The molecule has 0 heterocycles. The van der Waals surface area contributed by atoms with Crippen LogP contribution in [0.15, 0.2) is 48.5 Å². The van der Waals surface area contributed by atoms with Crippen LogP contribution in [0.25, 0.3) is 0 Å². The molecule has 0 saturated heterocycles. The molecule has 0 aromatic heterocycles. The second kappa shape index (κ2) is 6.10. The van der Waals surface area contributed by atoms with Crippen LogP contribution < -0.4 is 11.1 Å². The molecule has 0 unspecified atom stereocenters. The van der Waals surface area contributed by atoms with E-state index in [1.807, 2.05) is 18.2 Å². The van der Waals surface area contributed by atoms with Gasteiger partial charge in [-0.15, -0.1) is 0 Å². The van der Waals surface area contributed by atoms with Crippen LogP contribution in [0.1, 0.15) is 28.9 Å². The molecule has 0 bridgehead atoms. The predicted octanol–water partition coefficient (Wildman–Crippen LogP) is 3.23. The molecule has 2 aromatic rings. The van der Waals surface area contributed by atoms with E-state index < -0.39 is 0 Å². The van der Waals surface area contributed by atoms with Crippen molar-refractivity contribution in [1.29, 1.82) is 0 Å². The van der Waals surface area contributed by atoms with E-state index in [9.17, 15) is 4.79 Å². The number of carbonyl (C=O) groups excluding carboxylic acids is 1. The lowest BCUT2D eigenvalue weighted by molar-refractivity contribution is 0.0601. The highest BCUT2D eigenvalue weighted by Gasteiger charge is 2.10. The summed E-state index contributed by atoms with van der Waals surface area (Å²) in [7, 11) is 1.35. The SMILES string of the molecule is COC(=O)c1ccc(N[C@H](C)c2ccccc2)c(N)c1. The maximum atomic E-state index is 11.4. The molecule has 0 spiro atoms. The van der Waals surface area contributed by atoms with Gasteiger partial charge in [0.2, 0.25) is 0 Å². The molecule has 4 nitrogen and oxygen atoms in total. The van der Waals surface area contributed by atoms with Crippen LogP contribution >= 0.6 is 0 Å². The first-order chi connectivity index (χ1) is 9.61. The lowest BCUT2D eigenvalue weighted by atomic mass is 10.1. The summed E-state index contributed by atoms with van der Waals surface area (Å²) in [4.78, 5) is 11.4. The molecule has 0 saturated carbocycles. The number of rotatable bonds is 4. The number of hydrogen-bond donors (Lipinski definition) is 2. The van der Waals surface area contributed by atoms with Gasteiger partial charge in [-0.1, -0.05) is 30.3 Å². The molecule has 104 valence electrons. The highest BCUT2D eigenvalue weighted by molar-refractivity contribution is 5.91. The van der Waals surface area contributed by atoms with E-state index in [-0.39, 0.29) is 12.0 Å². The van der Waals surface area contributed by atoms with Gasteiger partial charge in [0.25, 0.3) is 0 Å². The second-order valence-electron chi connectivity index (χ2n) is 4.57. The van der Waals surface area contributed by atoms with Gasteiger partial charge in [0.15, 0.2) is 0 Å². The summed E-state index contributed by atoms with van der Waals surface area (Å²) in [5.74, 6) is -0.389. The van der Waals surface area contributed by atoms with Crippen LogP contribution in [-0.2, 0) is 4.74 Å². The average molecular weight is 270 g/mol. The quantitative estimate of drug-likeness (QED) is 0.661. The molecular formula is C16H18N2O2. The van der Waals surface area contributed by atoms with Crippen LogP contribution in [0.2, 0.25) is 0 Å². The number of nitrogens with two attached hydrogens (primary N) is 1. The minimum absolute atomic E-state index is 0.127. The highest BCUT2D eigenvalue weighted by Crippen LogP contribution is 2.25. The normalized spacial score (nSPS) is 11.7. The van der Waals surface area contributed by atoms with E-state index in [2.05, 4.69) is 29.1 Å². The van der Waals surface area contributed by atoms with E-state index in [0.29, 0.717) is 11.3 Å². The molecule has 20 heavy (non-hydrogen) atoms. The molecule has 3 N–H and O–H groups in total. The third-order valence-electron chi connectivity index (χ3n) is 3.14. The summed E-state index contributed by atoms with van der Waals surface area (Å²) < 4.78 is 4.67. The van der Waals surface area contributed by atoms with Gasteiger partial charge < -0.3 is 15.8 Å². The van der Waals surface area contributed by atoms with Crippen molar-refractivity contribution in [2.45, 2.75) is 13.0 Å². The Labute approximate surface area is 118 Å². The first kappa shape index (κ1) is 13.9. The maximum Gasteiger partial charge on any atom is 0.337 e. The first-order valence-electron chi connectivity index (χ1n) is 6.41. The average Bonchev–Trinajstić information content (AvgIpc) is 2.49. The summed E-state index contributed by atoms with van der Waals surface area (Å²) in [5.41, 5.74) is 8.91. The maximum absolute atomic E-state index is 11.4. The number of nitrogens with one attached hydrogen (secondary N) is 1. The smallest absolute Gasteiger partial charge is 0.337 e. The summed E-state index contributed by atoms with van der Waals surface area (Å²) in [5, 5.41) is 3.33. The second-order valence-corrected chi connectivity index (χ2v) is 4.57. The van der Waals surface area contributed by atoms with Crippen molar-refractivity contribution in [1.82, 2.24) is 0 Å². The molecule has 0 fully saturated rings. The topological polar surface area (TPSA) is 64.3 Å². The lowest BCUT2D eigenvalue weighted by Crippen LogP contribution is -2.09. The number of nitrogen functional groups attached to an aromatic ring is 1. The van der Waals surface area contributed by atoms with E-state index in [1.165, 1.54) is 12.7 Å². The molecule has 1 atom stereocenters. The third-order valence-corrected chi connectivity index (χ3v) is 3.14. The summed E-state index contributed by atoms with van der Waals surface area (Å²) in [6, 6.07) is 15.3. The van der Waals surface area contributed by atoms with Crippen molar-refractivity contribution < 1.29 is 9.53 Å². The first-order valence-corrected chi connectivity index (χ1v) is 6.41. The number of anilines is 2. The molecule has 0 aliphatic rings. The van der Waals surface area contributed by atoms with Crippen molar-refractivity contribution in [2.24, 2.45) is 0 Å². The standard InChI is InChI=1S/C16H18N2O2/c1-11(12-6-4-3-5-7-12)18-15-9-8-13(10-14(15)17)16(19)20-2/h3-11,18H,17H2,1-2H3/t11-/m1/s1. The fourth-order valence-electron chi connectivity index (χ4n) is 2.00. The van der Waals surface area contributed by atoms with Gasteiger partial charge in [0, 0.05) is 6.04 Å². The van der Waals surface area contributed by atoms with Crippen molar-refractivity contribution in [3.05, 3.63) is 59.7 Å². The van der Waals surface area contributed by atoms with Crippen LogP contribution in [-0.4, -0.2) is 13.1 Å². The number of ether oxygens (including phenoxy) is 1. The van der Waals surface area contributed by atoms with E-state index in [4.69, 9.17) is 5.73 Å². The minimum Gasteiger partial charge on any atom is -0.465 e. The van der Waals surface area contributed by atoms with Crippen molar-refractivity contribution in [2.75, 3.05) is 18.2 Å². The minimum atomic E-state index is -0.389. The Kier molecular flexibility index (Phi) is 4.25. The monoisotopic (exact) mass is 270 g/mol. The summed E-state index contributed by atoms with van der Waals surface area (Å²) >= 11 is 0. The zero-order valence-corrected chi connectivity index (χ0v) is 11.6. The van der Waals surface area contributed by atoms with E-state index >= 15 is 0 Å². The molecule has 2 aromatic carbocycles. The molecule has 2 rings (SSSR count). The number of benzene rings is 2. The summed E-state index contributed by atoms with van der Waals surface area (Å²) in [6.07, 6.45) is 0. The van der Waals surface area contributed by atoms with E-state index in [0.717, 1.165) is 5.69 Å². The zero-order valence-electron chi connectivity index (χ0n) is 11.6. The van der Waals surface area contributed by atoms with Crippen molar-refractivity contribution >= 4 is 17.3 Å². The molecule has 4 heteroatoms. The van der Waals surface area contributed by atoms with Crippen LogP contribution in [0.3, 0.4) is 0 Å². The van der Waals surface area contributed by atoms with Gasteiger partial charge >= 0.3 is 5.97 Å². The highest BCUT2D eigenvalue weighted by atomic mass is 16.5. The molecule has 0 radical (unpaired) electrons. The van der Waals surface area contributed by atoms with Crippen molar-refractivity contribution in [3.8, 4) is 0 Å². The largest absolute Gasteiger partial charge is 0.465 e. The van der Waals surface area contributed by atoms with Crippen LogP contribution in [0.4, 0.5) is 11.4 Å². The van der Waals surface area contributed by atoms with Crippen LogP contribution in [0, 0.1) is 0 Å². The van der Waals surface area contributed by atoms with Gasteiger partial charge in [-0.05, 0) is 30.7 Å². The Bertz CT molecular complexity index is 597. The molecule has 0 aliphatic heterocycles. The lowest BCUT2D eigenvalue weighted by Gasteiger charge is -2.17. The number of methoxy groups -OCH3 is 1. The molecule has 0 amide bonds. The fraction of sp³-hybridized carbons (Fsp3) is 0.188. The Morgan fingerprint density at radius 1 is 1.20 bits per heavy atom. The van der Waals surface area contributed by atoms with Gasteiger partial charge in [0.05, 0.1) is 24.0 Å². The van der Waals surface area contributed by atoms with Crippen molar-refractivity contribution in [3.63, 3.8) is 0 Å².